The summed E-state index contributed by atoms with van der Waals surface area (Å²) in [6, 6.07) is 0. The van der Waals surface area contributed by atoms with E-state index in [0.29, 0.717) is 0 Å². The number of carboxylic acid groups (broad SMARTS) is 1. The van der Waals surface area contributed by atoms with Gasteiger partial charge in [0.1, 0.15) is 0 Å². The van der Waals surface area contributed by atoms with Crippen LogP contribution in [-0.4, -0.2) is 16.6 Å². The van der Waals surface area contributed by atoms with Gasteiger partial charge in [-0.15, -0.1) is 0 Å². The number of carboxylic acids is 1. The molecule has 0 amide bonds. The van der Waals surface area contributed by atoms with Crippen LogP contribution >= 0.6 is 0 Å². The molecule has 3 nitrogen and oxygen atoms in total. The Kier molecular flexibility index (Phi) is 18.9. The minimum Gasteiger partial charge on any atom is -0.481 e. The monoisotopic (exact) mass is 201 g/mol. The molecule has 0 aliphatic heterocycles. The van der Waals surface area contributed by atoms with Crippen LogP contribution in [0.25, 0.3) is 0 Å². The van der Waals surface area contributed by atoms with Gasteiger partial charge in [-0.3, -0.25) is 4.79 Å². The molecule has 0 aromatic rings. The van der Waals surface area contributed by atoms with Crippen molar-refractivity contribution < 1.29 is 66.8 Å². The van der Waals surface area contributed by atoms with Crippen molar-refractivity contribution in [1.82, 2.24) is 0 Å². The molecule has 1 unspecified atom stereocenters. The van der Waals surface area contributed by atoms with E-state index in [2.05, 4.69) is 6.92 Å². The van der Waals surface area contributed by atoms with Crippen molar-refractivity contribution in [2.45, 2.75) is 39.5 Å². The van der Waals surface area contributed by atoms with Crippen molar-refractivity contribution in [2.24, 2.45) is 5.92 Å². The quantitative estimate of drug-likeness (QED) is 0.548. The number of hydrogen-bond donors (Lipinski definition) is 1. The zero-order chi connectivity index (χ0) is 7.98. The zero-order valence-electron chi connectivity index (χ0n) is 8.26. The Hall–Kier alpha value is 1.07. The summed E-state index contributed by atoms with van der Waals surface area (Å²) in [6.07, 6.45) is 3.71. The number of rotatable bonds is 5. The van der Waals surface area contributed by atoms with Crippen molar-refractivity contribution in [3.05, 3.63) is 0 Å². The molecule has 4 heteroatoms. The molecule has 12 heavy (non-hydrogen) atoms. The van der Waals surface area contributed by atoms with E-state index in [4.69, 9.17) is 5.11 Å². The van der Waals surface area contributed by atoms with Crippen LogP contribution in [0.15, 0.2) is 0 Å². The van der Waals surface area contributed by atoms with E-state index < -0.39 is 5.97 Å². The first-order valence-electron chi connectivity index (χ1n) is 3.95. The van der Waals surface area contributed by atoms with Crippen LogP contribution in [0.5, 0.6) is 0 Å². The smallest absolute Gasteiger partial charge is 0.481 e. The Morgan fingerprint density at radius 1 is 1.42 bits per heavy atom. The minimum atomic E-state index is -0.643. The van der Waals surface area contributed by atoms with E-state index in [-0.39, 0.29) is 62.8 Å². The molecular weight excluding hydrogens is 183 g/mol. The predicted octanol–water partition coefficient (Wildman–Crippen LogP) is -1.53. The molecule has 0 spiro atoms. The topological polar surface area (TPSA) is 68.8 Å². The Morgan fingerprint density at radius 3 is 2.17 bits per heavy atom. The fraction of sp³-hybridized carbons (Fsp3) is 0.875. The first-order valence-corrected chi connectivity index (χ1v) is 3.95. The van der Waals surface area contributed by atoms with E-state index >= 15 is 0 Å². The van der Waals surface area contributed by atoms with Crippen LogP contribution in [-0.2, 0) is 4.79 Å². The second-order valence-electron chi connectivity index (χ2n) is 2.59. The normalized spacial score (nSPS) is 10.8. The van der Waals surface area contributed by atoms with E-state index in [0.717, 1.165) is 25.7 Å². The van der Waals surface area contributed by atoms with Gasteiger partial charge in [-0.2, -0.15) is 0 Å². The van der Waals surface area contributed by atoms with E-state index in [1.165, 1.54) is 0 Å². The standard InChI is InChI=1S/C8H16O2.K.H2O/c1-3-5-6-7(4-2)8(9)10;;/h7H,3-6H2,1-2H3,(H,9,10);;1H2/q;+1;. The maximum atomic E-state index is 10.4. The van der Waals surface area contributed by atoms with Crippen LogP contribution < -0.4 is 51.4 Å². The second-order valence-corrected chi connectivity index (χ2v) is 2.59. The van der Waals surface area contributed by atoms with Gasteiger partial charge in [0.15, 0.2) is 0 Å². The van der Waals surface area contributed by atoms with Crippen LogP contribution in [0.4, 0.5) is 0 Å². The van der Waals surface area contributed by atoms with Gasteiger partial charge in [-0.05, 0) is 12.8 Å². The molecule has 0 saturated carbocycles. The van der Waals surface area contributed by atoms with E-state index in [1.54, 1.807) is 0 Å². The summed E-state index contributed by atoms with van der Waals surface area (Å²) in [6.45, 7) is 4.00. The molecule has 0 bridgehead atoms. The first-order chi connectivity index (χ1) is 4.72. The summed E-state index contributed by atoms with van der Waals surface area (Å²) in [5.41, 5.74) is 0. The maximum Gasteiger partial charge on any atom is 1.00 e. The number of unbranched alkanes of at least 4 members (excludes halogenated alkanes) is 1. The molecule has 0 aromatic heterocycles. The minimum absolute atomic E-state index is 0. The summed E-state index contributed by atoms with van der Waals surface area (Å²) in [5.74, 6) is -0.754. The van der Waals surface area contributed by atoms with E-state index in [1.807, 2.05) is 6.92 Å². The van der Waals surface area contributed by atoms with Gasteiger partial charge in [0.25, 0.3) is 0 Å². The van der Waals surface area contributed by atoms with Crippen LogP contribution in [0.2, 0.25) is 0 Å². The molecule has 1 atom stereocenters. The molecule has 0 rings (SSSR count). The Labute approximate surface area is 117 Å². The third kappa shape index (κ3) is 9.16. The van der Waals surface area contributed by atoms with E-state index in [9.17, 15) is 4.79 Å². The van der Waals surface area contributed by atoms with Gasteiger partial charge < -0.3 is 10.6 Å². The van der Waals surface area contributed by atoms with Crippen LogP contribution in [0, 0.1) is 5.92 Å². The first kappa shape index (κ1) is 18.8. The average molecular weight is 201 g/mol. The molecule has 0 radical (unpaired) electrons. The fourth-order valence-corrected chi connectivity index (χ4v) is 0.953. The van der Waals surface area contributed by atoms with Gasteiger partial charge in [0, 0.05) is 0 Å². The van der Waals surface area contributed by atoms with Crippen molar-refractivity contribution in [2.75, 3.05) is 0 Å². The third-order valence-electron chi connectivity index (χ3n) is 1.75. The number of hydrogen-bond acceptors (Lipinski definition) is 1. The fourth-order valence-electron chi connectivity index (χ4n) is 0.953. The zero-order valence-corrected chi connectivity index (χ0v) is 11.4. The van der Waals surface area contributed by atoms with Crippen molar-refractivity contribution in [3.8, 4) is 0 Å². The largest absolute Gasteiger partial charge is 1.00 e. The molecule has 0 aliphatic carbocycles. The number of carbonyl (C=O) groups is 1. The summed E-state index contributed by atoms with van der Waals surface area (Å²) in [5, 5.41) is 8.60. The maximum absolute atomic E-state index is 10.4. The molecule has 0 aliphatic rings. The Balaban J connectivity index is -0.000000405. The molecule has 0 heterocycles. The number of aliphatic carboxylic acids is 1. The summed E-state index contributed by atoms with van der Waals surface area (Å²) < 4.78 is 0. The van der Waals surface area contributed by atoms with Gasteiger partial charge in [0.05, 0.1) is 5.92 Å². The van der Waals surface area contributed by atoms with Gasteiger partial charge in [-0.1, -0.05) is 26.7 Å². The summed E-state index contributed by atoms with van der Waals surface area (Å²) in [7, 11) is 0. The molecule has 0 fully saturated rings. The molecule has 68 valence electrons. The van der Waals surface area contributed by atoms with Crippen LogP contribution in [0.3, 0.4) is 0 Å². The van der Waals surface area contributed by atoms with Crippen LogP contribution in [0.1, 0.15) is 39.5 Å². The molecule has 3 N–H and O–H groups in total. The Bertz CT molecular complexity index is 106. The molecule has 0 saturated heterocycles. The van der Waals surface area contributed by atoms with Crippen molar-refractivity contribution in [1.29, 1.82) is 0 Å². The summed E-state index contributed by atoms with van der Waals surface area (Å²) in [4.78, 5) is 10.4. The van der Waals surface area contributed by atoms with Crippen molar-refractivity contribution >= 4 is 5.97 Å². The second kappa shape index (κ2) is 12.1. The molecule has 0 aromatic carbocycles. The Morgan fingerprint density at radius 2 is 1.92 bits per heavy atom. The van der Waals surface area contributed by atoms with Crippen molar-refractivity contribution in [3.63, 3.8) is 0 Å². The predicted molar refractivity (Wildman–Crippen MR) is 44.6 cm³/mol. The third-order valence-corrected chi connectivity index (χ3v) is 1.75. The SMILES string of the molecule is CCCCC(CC)C(=O)O.O.[K+]. The summed E-state index contributed by atoms with van der Waals surface area (Å²) >= 11 is 0. The van der Waals surface area contributed by atoms with Gasteiger partial charge in [-0.25, -0.2) is 0 Å². The van der Waals surface area contributed by atoms with Gasteiger partial charge in [0.2, 0.25) is 0 Å². The molecular formula is C8H18KO3+. The average Bonchev–Trinajstić information content (AvgIpc) is 1.89. The van der Waals surface area contributed by atoms with Gasteiger partial charge >= 0.3 is 57.4 Å².